The molecule has 3 aromatic rings. The molecule has 6 heteroatoms. The standard InChI is InChI=1S/C19H15N5O/c20-11-13-1-3-14(4-2-13)12-23-19-22-10-9-17(24-19)15-5-7-16(8-6-15)18(21)25/h1-10H,12H2,(H2,21,25)(H,22,23,24). The minimum absolute atomic E-state index is 0.456. The normalized spacial score (nSPS) is 10.0. The number of nitrogens with one attached hydrogen (secondary N) is 1. The van der Waals surface area contributed by atoms with E-state index in [0.717, 1.165) is 16.8 Å². The van der Waals surface area contributed by atoms with Crippen molar-refractivity contribution >= 4 is 11.9 Å². The Morgan fingerprint density at radius 1 is 1.08 bits per heavy atom. The molecule has 0 atom stereocenters. The van der Waals surface area contributed by atoms with Gasteiger partial charge in [-0.1, -0.05) is 24.3 Å². The molecule has 3 N–H and O–H groups in total. The Morgan fingerprint density at radius 2 is 1.80 bits per heavy atom. The van der Waals surface area contributed by atoms with Crippen LogP contribution in [0.1, 0.15) is 21.5 Å². The van der Waals surface area contributed by atoms with Crippen LogP contribution < -0.4 is 11.1 Å². The summed E-state index contributed by atoms with van der Waals surface area (Å²) < 4.78 is 0. The molecule has 3 rings (SSSR count). The summed E-state index contributed by atoms with van der Waals surface area (Å²) in [7, 11) is 0. The molecule has 0 saturated carbocycles. The van der Waals surface area contributed by atoms with Gasteiger partial charge < -0.3 is 11.1 Å². The third-order valence-electron chi connectivity index (χ3n) is 3.65. The van der Waals surface area contributed by atoms with Crippen LogP contribution in [0.5, 0.6) is 0 Å². The minimum atomic E-state index is -0.459. The van der Waals surface area contributed by atoms with Crippen molar-refractivity contribution in [3.05, 3.63) is 77.5 Å². The monoisotopic (exact) mass is 329 g/mol. The lowest BCUT2D eigenvalue weighted by Gasteiger charge is -2.07. The number of benzene rings is 2. The van der Waals surface area contributed by atoms with Gasteiger partial charge in [-0.15, -0.1) is 0 Å². The Kier molecular flexibility index (Phi) is 4.67. The first kappa shape index (κ1) is 16.1. The van der Waals surface area contributed by atoms with Gasteiger partial charge >= 0.3 is 0 Å². The highest BCUT2D eigenvalue weighted by atomic mass is 16.1. The third kappa shape index (κ3) is 3.98. The van der Waals surface area contributed by atoms with Crippen molar-refractivity contribution in [2.75, 3.05) is 5.32 Å². The van der Waals surface area contributed by atoms with Gasteiger partial charge in [0.1, 0.15) is 0 Å². The van der Waals surface area contributed by atoms with Gasteiger partial charge in [0.2, 0.25) is 11.9 Å². The van der Waals surface area contributed by atoms with Gasteiger partial charge in [-0.25, -0.2) is 9.97 Å². The van der Waals surface area contributed by atoms with Gasteiger partial charge in [-0.3, -0.25) is 4.79 Å². The second-order valence-corrected chi connectivity index (χ2v) is 5.37. The number of hydrogen-bond acceptors (Lipinski definition) is 5. The molecule has 2 aromatic carbocycles. The fourth-order valence-electron chi connectivity index (χ4n) is 2.29. The molecule has 0 aliphatic rings. The van der Waals surface area contributed by atoms with Gasteiger partial charge in [0, 0.05) is 23.9 Å². The van der Waals surface area contributed by atoms with E-state index in [1.807, 2.05) is 12.1 Å². The number of aromatic nitrogens is 2. The Hall–Kier alpha value is -3.72. The van der Waals surface area contributed by atoms with Crippen molar-refractivity contribution in [3.8, 4) is 17.3 Å². The average Bonchev–Trinajstić information content (AvgIpc) is 2.67. The zero-order valence-corrected chi connectivity index (χ0v) is 13.3. The van der Waals surface area contributed by atoms with Crippen LogP contribution in [0.15, 0.2) is 60.8 Å². The van der Waals surface area contributed by atoms with Crippen LogP contribution >= 0.6 is 0 Å². The maximum atomic E-state index is 11.1. The molecule has 0 bridgehead atoms. The summed E-state index contributed by atoms with van der Waals surface area (Å²) in [5.74, 6) is 0.0415. The summed E-state index contributed by atoms with van der Waals surface area (Å²) in [5.41, 5.74) is 8.97. The number of rotatable bonds is 5. The van der Waals surface area contributed by atoms with Crippen LogP contribution in [0.25, 0.3) is 11.3 Å². The molecule has 0 aliphatic heterocycles. The van der Waals surface area contributed by atoms with Crippen molar-refractivity contribution < 1.29 is 4.79 Å². The lowest BCUT2D eigenvalue weighted by molar-refractivity contribution is 0.100. The van der Waals surface area contributed by atoms with Crippen LogP contribution in [-0.4, -0.2) is 15.9 Å². The minimum Gasteiger partial charge on any atom is -0.366 e. The van der Waals surface area contributed by atoms with Crippen LogP contribution in [0.3, 0.4) is 0 Å². The quantitative estimate of drug-likeness (QED) is 0.749. The SMILES string of the molecule is N#Cc1ccc(CNc2nccc(-c3ccc(C(N)=O)cc3)n2)cc1. The zero-order valence-electron chi connectivity index (χ0n) is 13.3. The third-order valence-corrected chi connectivity index (χ3v) is 3.65. The number of hydrogen-bond donors (Lipinski definition) is 2. The van der Waals surface area contributed by atoms with E-state index in [1.54, 1.807) is 48.7 Å². The number of amides is 1. The van der Waals surface area contributed by atoms with E-state index in [2.05, 4.69) is 21.4 Å². The number of carbonyl (C=O) groups excluding carboxylic acids is 1. The van der Waals surface area contributed by atoms with Crippen molar-refractivity contribution in [2.24, 2.45) is 5.73 Å². The van der Waals surface area contributed by atoms with Crippen molar-refractivity contribution in [1.29, 1.82) is 5.26 Å². The second kappa shape index (κ2) is 7.23. The number of nitriles is 1. The van der Waals surface area contributed by atoms with Gasteiger partial charge in [-0.2, -0.15) is 5.26 Å². The first-order chi connectivity index (χ1) is 12.2. The van der Waals surface area contributed by atoms with Crippen LogP contribution in [0.2, 0.25) is 0 Å². The summed E-state index contributed by atoms with van der Waals surface area (Å²) in [4.78, 5) is 19.8. The summed E-state index contributed by atoms with van der Waals surface area (Å²) in [6.07, 6.45) is 1.67. The Morgan fingerprint density at radius 3 is 2.44 bits per heavy atom. The molecule has 1 aromatic heterocycles. The van der Waals surface area contributed by atoms with E-state index in [4.69, 9.17) is 11.0 Å². The largest absolute Gasteiger partial charge is 0.366 e. The maximum absolute atomic E-state index is 11.1. The number of primary amides is 1. The van der Waals surface area contributed by atoms with E-state index in [0.29, 0.717) is 23.6 Å². The predicted molar refractivity (Wildman–Crippen MR) is 94.5 cm³/mol. The highest BCUT2D eigenvalue weighted by Crippen LogP contribution is 2.18. The molecule has 0 spiro atoms. The Labute approximate surface area is 145 Å². The van der Waals surface area contributed by atoms with Gasteiger partial charge in [0.05, 0.1) is 17.3 Å². The van der Waals surface area contributed by atoms with Crippen LogP contribution in [-0.2, 0) is 6.54 Å². The second-order valence-electron chi connectivity index (χ2n) is 5.37. The topological polar surface area (TPSA) is 105 Å². The van der Waals surface area contributed by atoms with Crippen LogP contribution in [0, 0.1) is 11.3 Å². The maximum Gasteiger partial charge on any atom is 0.248 e. The molecule has 0 radical (unpaired) electrons. The first-order valence-corrected chi connectivity index (χ1v) is 7.62. The average molecular weight is 329 g/mol. The van der Waals surface area contributed by atoms with Gasteiger partial charge in [0.15, 0.2) is 0 Å². The highest BCUT2D eigenvalue weighted by Gasteiger charge is 2.05. The summed E-state index contributed by atoms with van der Waals surface area (Å²) >= 11 is 0. The number of nitrogens with zero attached hydrogens (tertiary/aromatic N) is 3. The van der Waals surface area contributed by atoms with E-state index >= 15 is 0 Å². The zero-order chi connectivity index (χ0) is 17.6. The number of nitrogens with two attached hydrogens (primary N) is 1. The Balaban J connectivity index is 1.72. The molecule has 122 valence electrons. The van der Waals surface area contributed by atoms with Gasteiger partial charge in [0.25, 0.3) is 0 Å². The van der Waals surface area contributed by atoms with E-state index < -0.39 is 5.91 Å². The summed E-state index contributed by atoms with van der Waals surface area (Å²) in [6.45, 7) is 0.551. The van der Waals surface area contributed by atoms with Crippen molar-refractivity contribution in [1.82, 2.24) is 9.97 Å². The first-order valence-electron chi connectivity index (χ1n) is 7.62. The Bertz CT molecular complexity index is 927. The molecule has 25 heavy (non-hydrogen) atoms. The molecule has 6 nitrogen and oxygen atoms in total. The summed E-state index contributed by atoms with van der Waals surface area (Å²) in [6, 6.07) is 18.1. The predicted octanol–water partition coefficient (Wildman–Crippen LogP) is 2.73. The fourth-order valence-corrected chi connectivity index (χ4v) is 2.29. The summed E-state index contributed by atoms with van der Waals surface area (Å²) in [5, 5.41) is 12.0. The molecule has 1 heterocycles. The van der Waals surface area contributed by atoms with E-state index in [9.17, 15) is 4.79 Å². The van der Waals surface area contributed by atoms with Crippen molar-refractivity contribution in [2.45, 2.75) is 6.54 Å². The smallest absolute Gasteiger partial charge is 0.248 e. The molecular weight excluding hydrogens is 314 g/mol. The van der Waals surface area contributed by atoms with E-state index in [-0.39, 0.29) is 0 Å². The molecule has 0 aliphatic carbocycles. The lowest BCUT2D eigenvalue weighted by atomic mass is 10.1. The fraction of sp³-hybridized carbons (Fsp3) is 0.0526. The van der Waals surface area contributed by atoms with E-state index in [1.165, 1.54) is 0 Å². The molecular formula is C19H15N5O. The number of anilines is 1. The number of carbonyl (C=O) groups is 1. The van der Waals surface area contributed by atoms with Gasteiger partial charge in [-0.05, 0) is 35.9 Å². The van der Waals surface area contributed by atoms with Crippen LogP contribution in [0.4, 0.5) is 5.95 Å². The molecule has 1 amide bonds. The molecule has 0 saturated heterocycles. The lowest BCUT2D eigenvalue weighted by Crippen LogP contribution is -2.10. The molecule has 0 fully saturated rings. The molecule has 0 unspecified atom stereocenters. The highest BCUT2D eigenvalue weighted by molar-refractivity contribution is 5.93. The van der Waals surface area contributed by atoms with Crippen molar-refractivity contribution in [3.63, 3.8) is 0 Å².